The number of H-pyrrole nitrogens is 1. The number of amides is 1. The summed E-state index contributed by atoms with van der Waals surface area (Å²) in [7, 11) is 0. The SMILES string of the molecule is O=C(Nc1ccc(N2CCCC2)cn1)c1n[nH]c2ccccc12. The number of aromatic amines is 1. The number of pyridine rings is 1. The molecule has 116 valence electrons. The molecule has 1 amide bonds. The zero-order chi connectivity index (χ0) is 15.6. The van der Waals surface area contributed by atoms with Crippen LogP contribution in [-0.4, -0.2) is 34.2 Å². The lowest BCUT2D eigenvalue weighted by Gasteiger charge is -2.17. The van der Waals surface area contributed by atoms with E-state index in [4.69, 9.17) is 0 Å². The molecule has 1 aliphatic rings. The minimum atomic E-state index is -0.260. The minimum Gasteiger partial charge on any atom is -0.370 e. The fraction of sp³-hybridized carbons (Fsp3) is 0.235. The maximum atomic E-state index is 12.4. The normalized spacial score (nSPS) is 14.3. The van der Waals surface area contributed by atoms with Crippen LogP contribution in [0.1, 0.15) is 23.3 Å². The highest BCUT2D eigenvalue weighted by Gasteiger charge is 2.15. The van der Waals surface area contributed by atoms with Crippen molar-refractivity contribution in [1.82, 2.24) is 15.2 Å². The van der Waals surface area contributed by atoms with Gasteiger partial charge in [0.15, 0.2) is 5.69 Å². The highest BCUT2D eigenvalue weighted by molar-refractivity contribution is 6.10. The van der Waals surface area contributed by atoms with Crippen molar-refractivity contribution in [2.45, 2.75) is 12.8 Å². The summed E-state index contributed by atoms with van der Waals surface area (Å²) in [5.41, 5.74) is 2.33. The molecule has 0 spiro atoms. The van der Waals surface area contributed by atoms with E-state index in [1.165, 1.54) is 12.8 Å². The number of nitrogens with one attached hydrogen (secondary N) is 2. The van der Waals surface area contributed by atoms with Gasteiger partial charge in [0.05, 0.1) is 17.4 Å². The van der Waals surface area contributed by atoms with Gasteiger partial charge in [0.1, 0.15) is 5.82 Å². The van der Waals surface area contributed by atoms with Crippen LogP contribution in [0.4, 0.5) is 11.5 Å². The van der Waals surface area contributed by atoms with E-state index < -0.39 is 0 Å². The van der Waals surface area contributed by atoms with Crippen LogP contribution in [-0.2, 0) is 0 Å². The average Bonchev–Trinajstić information content (AvgIpc) is 3.25. The molecule has 2 N–H and O–H groups in total. The molecule has 3 aromatic rings. The lowest BCUT2D eigenvalue weighted by molar-refractivity contribution is 0.102. The molecule has 23 heavy (non-hydrogen) atoms. The molecule has 0 aliphatic carbocycles. The van der Waals surface area contributed by atoms with Crippen molar-refractivity contribution in [2.24, 2.45) is 0 Å². The van der Waals surface area contributed by atoms with E-state index >= 15 is 0 Å². The lowest BCUT2D eigenvalue weighted by atomic mass is 10.2. The van der Waals surface area contributed by atoms with Crippen LogP contribution in [0.2, 0.25) is 0 Å². The Morgan fingerprint density at radius 2 is 1.96 bits per heavy atom. The fourth-order valence-electron chi connectivity index (χ4n) is 2.93. The van der Waals surface area contributed by atoms with Crippen molar-refractivity contribution in [3.63, 3.8) is 0 Å². The van der Waals surface area contributed by atoms with E-state index in [2.05, 4.69) is 25.4 Å². The van der Waals surface area contributed by atoms with E-state index in [0.717, 1.165) is 29.7 Å². The second kappa shape index (κ2) is 5.72. The fourth-order valence-corrected chi connectivity index (χ4v) is 2.93. The van der Waals surface area contributed by atoms with E-state index in [9.17, 15) is 4.79 Å². The van der Waals surface area contributed by atoms with Crippen LogP contribution < -0.4 is 10.2 Å². The highest BCUT2D eigenvalue weighted by Crippen LogP contribution is 2.21. The second-order valence-electron chi connectivity index (χ2n) is 5.67. The number of rotatable bonds is 3. The van der Waals surface area contributed by atoms with Crippen molar-refractivity contribution in [1.29, 1.82) is 0 Å². The Morgan fingerprint density at radius 3 is 2.74 bits per heavy atom. The van der Waals surface area contributed by atoms with E-state index in [1.807, 2.05) is 42.6 Å². The first-order valence-electron chi connectivity index (χ1n) is 7.77. The summed E-state index contributed by atoms with van der Waals surface area (Å²) in [6, 6.07) is 11.4. The monoisotopic (exact) mass is 307 g/mol. The largest absolute Gasteiger partial charge is 0.370 e. The molecule has 0 bridgehead atoms. The number of hydrogen-bond acceptors (Lipinski definition) is 4. The molecular weight excluding hydrogens is 290 g/mol. The zero-order valence-corrected chi connectivity index (χ0v) is 12.6. The van der Waals surface area contributed by atoms with E-state index in [0.29, 0.717) is 11.5 Å². The number of carbonyl (C=O) groups excluding carboxylic acids is 1. The Bertz CT molecular complexity index is 834. The molecule has 1 aromatic carbocycles. The Hall–Kier alpha value is -2.89. The van der Waals surface area contributed by atoms with Crippen LogP contribution in [0.5, 0.6) is 0 Å². The topological polar surface area (TPSA) is 73.9 Å². The molecular formula is C17H17N5O. The van der Waals surface area contributed by atoms with Crippen LogP contribution in [0.3, 0.4) is 0 Å². The van der Waals surface area contributed by atoms with Crippen molar-refractivity contribution in [2.75, 3.05) is 23.3 Å². The van der Waals surface area contributed by atoms with Gasteiger partial charge in [0.2, 0.25) is 0 Å². The van der Waals surface area contributed by atoms with Gasteiger partial charge in [0.25, 0.3) is 5.91 Å². The number of anilines is 2. The number of para-hydroxylation sites is 1. The van der Waals surface area contributed by atoms with Crippen molar-refractivity contribution >= 4 is 28.3 Å². The Labute approximate surface area is 133 Å². The van der Waals surface area contributed by atoms with Crippen LogP contribution >= 0.6 is 0 Å². The first kappa shape index (κ1) is 13.8. The molecule has 3 heterocycles. The summed E-state index contributed by atoms with van der Waals surface area (Å²) in [5, 5.41) is 10.6. The van der Waals surface area contributed by atoms with E-state index in [-0.39, 0.29) is 5.91 Å². The van der Waals surface area contributed by atoms with Gasteiger partial charge in [-0.1, -0.05) is 18.2 Å². The van der Waals surface area contributed by atoms with Gasteiger partial charge in [-0.3, -0.25) is 9.89 Å². The smallest absolute Gasteiger partial charge is 0.277 e. The van der Waals surface area contributed by atoms with Crippen molar-refractivity contribution < 1.29 is 4.79 Å². The first-order chi connectivity index (χ1) is 11.3. The third-order valence-electron chi connectivity index (χ3n) is 4.15. The van der Waals surface area contributed by atoms with Gasteiger partial charge < -0.3 is 10.2 Å². The predicted molar refractivity (Wildman–Crippen MR) is 89.7 cm³/mol. The molecule has 6 heteroatoms. The molecule has 0 unspecified atom stereocenters. The molecule has 0 atom stereocenters. The average molecular weight is 307 g/mol. The maximum absolute atomic E-state index is 12.4. The first-order valence-corrected chi connectivity index (χ1v) is 7.77. The zero-order valence-electron chi connectivity index (χ0n) is 12.6. The molecule has 2 aromatic heterocycles. The number of nitrogens with zero attached hydrogens (tertiary/aromatic N) is 3. The minimum absolute atomic E-state index is 0.260. The van der Waals surface area contributed by atoms with Crippen molar-refractivity contribution in [3.8, 4) is 0 Å². The summed E-state index contributed by atoms with van der Waals surface area (Å²) < 4.78 is 0. The Balaban J connectivity index is 1.52. The number of benzene rings is 1. The van der Waals surface area contributed by atoms with Crippen molar-refractivity contribution in [3.05, 3.63) is 48.3 Å². The highest BCUT2D eigenvalue weighted by atomic mass is 16.2. The number of hydrogen-bond donors (Lipinski definition) is 2. The standard InChI is InChI=1S/C17H17N5O/c23-17(16-13-5-1-2-6-14(13)20-21-16)19-15-8-7-12(11-18-15)22-9-3-4-10-22/h1-2,5-8,11H,3-4,9-10H2,(H,20,21)(H,18,19,23). The molecule has 1 aliphatic heterocycles. The second-order valence-corrected chi connectivity index (χ2v) is 5.67. The van der Waals surface area contributed by atoms with Crippen LogP contribution in [0.15, 0.2) is 42.6 Å². The van der Waals surface area contributed by atoms with Gasteiger partial charge in [-0.2, -0.15) is 5.10 Å². The van der Waals surface area contributed by atoms with E-state index in [1.54, 1.807) is 0 Å². The lowest BCUT2D eigenvalue weighted by Crippen LogP contribution is -2.18. The Kier molecular flexibility index (Phi) is 3.42. The summed E-state index contributed by atoms with van der Waals surface area (Å²) in [5.74, 6) is 0.272. The number of fused-ring (bicyclic) bond motifs is 1. The quantitative estimate of drug-likeness (QED) is 0.780. The third kappa shape index (κ3) is 2.63. The van der Waals surface area contributed by atoms with Crippen LogP contribution in [0.25, 0.3) is 10.9 Å². The summed E-state index contributed by atoms with van der Waals surface area (Å²) in [6.45, 7) is 2.15. The predicted octanol–water partition coefficient (Wildman–Crippen LogP) is 2.81. The molecule has 0 saturated carbocycles. The van der Waals surface area contributed by atoms with Gasteiger partial charge in [-0.25, -0.2) is 4.98 Å². The van der Waals surface area contributed by atoms with Gasteiger partial charge in [-0.15, -0.1) is 0 Å². The Morgan fingerprint density at radius 1 is 1.13 bits per heavy atom. The van der Waals surface area contributed by atoms with Gasteiger partial charge >= 0.3 is 0 Å². The maximum Gasteiger partial charge on any atom is 0.277 e. The third-order valence-corrected chi connectivity index (χ3v) is 4.15. The van der Waals surface area contributed by atoms with Gasteiger partial charge in [0, 0.05) is 18.5 Å². The summed E-state index contributed by atoms with van der Waals surface area (Å²) in [6.07, 6.45) is 4.26. The van der Waals surface area contributed by atoms with Gasteiger partial charge in [-0.05, 0) is 31.0 Å². The number of aromatic nitrogens is 3. The number of carbonyl (C=O) groups is 1. The summed E-state index contributed by atoms with van der Waals surface area (Å²) >= 11 is 0. The molecule has 6 nitrogen and oxygen atoms in total. The van der Waals surface area contributed by atoms with Crippen LogP contribution in [0, 0.1) is 0 Å². The molecule has 1 saturated heterocycles. The molecule has 4 rings (SSSR count). The summed E-state index contributed by atoms with van der Waals surface area (Å²) in [4.78, 5) is 19.0. The molecule has 1 fully saturated rings. The molecule has 0 radical (unpaired) electrons.